The quantitative estimate of drug-likeness (QED) is 0.572. The van der Waals surface area contributed by atoms with E-state index in [0.717, 1.165) is 6.08 Å². The molecule has 0 saturated heterocycles. The zero-order chi connectivity index (χ0) is 19.8. The van der Waals surface area contributed by atoms with E-state index in [9.17, 15) is 18.4 Å². The molecule has 1 N–H and O–H groups in total. The summed E-state index contributed by atoms with van der Waals surface area (Å²) in [5.41, 5.74) is 0.883. The number of amides is 1. The van der Waals surface area contributed by atoms with Crippen molar-refractivity contribution in [2.24, 2.45) is 0 Å². The van der Waals surface area contributed by atoms with Crippen molar-refractivity contribution in [3.05, 3.63) is 52.9 Å². The molecular weight excluding hydrogens is 378 g/mol. The molecule has 0 bridgehead atoms. The van der Waals surface area contributed by atoms with Gasteiger partial charge in [0, 0.05) is 6.08 Å². The highest BCUT2D eigenvalue weighted by Gasteiger charge is 2.18. The zero-order valence-corrected chi connectivity index (χ0v) is 14.8. The number of nitriles is 1. The standard InChI is InChI=1S/C18H14F2N2O4S/c1-11(16(24)22-17-13(10-21)8-9-27-17)25-15(23)7-4-12-2-5-14(6-3-12)26-18(19)20/h2-9,11,18H,1H3,(H,22,24)/b7-4+/t11-/m0/s1. The van der Waals surface area contributed by atoms with E-state index in [4.69, 9.17) is 10.00 Å². The van der Waals surface area contributed by atoms with Gasteiger partial charge in [-0.25, -0.2) is 4.79 Å². The van der Waals surface area contributed by atoms with Crippen molar-refractivity contribution >= 4 is 34.3 Å². The Hall–Kier alpha value is -3.25. The lowest BCUT2D eigenvalue weighted by Gasteiger charge is -2.11. The Bertz CT molecular complexity index is 872. The number of carbonyl (C=O) groups is 2. The summed E-state index contributed by atoms with van der Waals surface area (Å²) in [6, 6.07) is 9.14. The number of halogens is 2. The second kappa shape index (κ2) is 9.45. The van der Waals surface area contributed by atoms with E-state index in [-0.39, 0.29) is 5.75 Å². The second-order valence-corrected chi connectivity index (χ2v) is 6.04. The van der Waals surface area contributed by atoms with E-state index < -0.39 is 24.6 Å². The Morgan fingerprint density at radius 2 is 1.96 bits per heavy atom. The maximum absolute atomic E-state index is 12.1. The molecule has 0 radical (unpaired) electrons. The van der Waals surface area contributed by atoms with Gasteiger partial charge in [0.2, 0.25) is 0 Å². The molecule has 1 atom stereocenters. The Morgan fingerprint density at radius 3 is 2.59 bits per heavy atom. The summed E-state index contributed by atoms with van der Waals surface area (Å²) < 4.78 is 33.4. The minimum absolute atomic E-state index is 0.000310. The molecule has 0 unspecified atom stereocenters. The molecule has 6 nitrogen and oxygen atoms in total. The number of anilines is 1. The molecule has 1 heterocycles. The Labute approximate surface area is 157 Å². The fourth-order valence-corrected chi connectivity index (χ4v) is 2.64. The summed E-state index contributed by atoms with van der Waals surface area (Å²) >= 11 is 1.18. The summed E-state index contributed by atoms with van der Waals surface area (Å²) in [7, 11) is 0. The molecule has 0 saturated carbocycles. The molecule has 0 fully saturated rings. The maximum atomic E-state index is 12.1. The Balaban J connectivity index is 1.87. The normalized spacial score (nSPS) is 11.8. The van der Waals surface area contributed by atoms with Crippen LogP contribution in [0.2, 0.25) is 0 Å². The number of carbonyl (C=O) groups excluding carboxylic acids is 2. The van der Waals surface area contributed by atoms with E-state index in [1.54, 1.807) is 11.4 Å². The molecule has 0 spiro atoms. The largest absolute Gasteiger partial charge is 0.449 e. The predicted molar refractivity (Wildman–Crippen MR) is 95.3 cm³/mol. The Kier molecular flexibility index (Phi) is 7.02. The first-order chi connectivity index (χ1) is 12.9. The van der Waals surface area contributed by atoms with Crippen LogP contribution in [0.3, 0.4) is 0 Å². The highest BCUT2D eigenvalue weighted by molar-refractivity contribution is 7.14. The van der Waals surface area contributed by atoms with Crippen LogP contribution < -0.4 is 10.1 Å². The maximum Gasteiger partial charge on any atom is 0.387 e. The van der Waals surface area contributed by atoms with Crippen molar-refractivity contribution in [2.75, 3.05) is 5.32 Å². The van der Waals surface area contributed by atoms with Gasteiger partial charge in [-0.15, -0.1) is 11.3 Å². The lowest BCUT2D eigenvalue weighted by molar-refractivity contribution is -0.148. The minimum atomic E-state index is -2.91. The number of rotatable bonds is 7. The highest BCUT2D eigenvalue weighted by atomic mass is 32.1. The van der Waals surface area contributed by atoms with E-state index in [1.165, 1.54) is 48.6 Å². The predicted octanol–water partition coefficient (Wildman–Crippen LogP) is 3.80. The first kappa shape index (κ1) is 20.1. The summed E-state index contributed by atoms with van der Waals surface area (Å²) in [4.78, 5) is 23.8. The van der Waals surface area contributed by atoms with Gasteiger partial charge < -0.3 is 14.8 Å². The smallest absolute Gasteiger partial charge is 0.387 e. The van der Waals surface area contributed by atoms with Gasteiger partial charge in [0.25, 0.3) is 5.91 Å². The molecule has 140 valence electrons. The van der Waals surface area contributed by atoms with E-state index >= 15 is 0 Å². The third-order valence-corrected chi connectivity index (χ3v) is 4.03. The molecule has 2 aromatic rings. The number of esters is 1. The van der Waals surface area contributed by atoms with Crippen LogP contribution in [0.5, 0.6) is 5.75 Å². The number of benzene rings is 1. The molecule has 2 rings (SSSR count). The lowest BCUT2D eigenvalue weighted by atomic mass is 10.2. The van der Waals surface area contributed by atoms with Crippen LogP contribution >= 0.6 is 11.3 Å². The van der Waals surface area contributed by atoms with Crippen molar-refractivity contribution in [2.45, 2.75) is 19.6 Å². The number of nitrogens with zero attached hydrogens (tertiary/aromatic N) is 1. The van der Waals surface area contributed by atoms with Crippen LogP contribution in [0.15, 0.2) is 41.8 Å². The molecule has 27 heavy (non-hydrogen) atoms. The fourth-order valence-electron chi connectivity index (χ4n) is 1.90. The van der Waals surface area contributed by atoms with E-state index in [2.05, 4.69) is 10.1 Å². The van der Waals surface area contributed by atoms with Crippen LogP contribution in [0.4, 0.5) is 13.8 Å². The van der Waals surface area contributed by atoms with Gasteiger partial charge in [0.15, 0.2) is 6.10 Å². The summed E-state index contributed by atoms with van der Waals surface area (Å²) in [6.45, 7) is -1.51. The Morgan fingerprint density at radius 1 is 1.26 bits per heavy atom. The third kappa shape index (κ3) is 6.20. The molecule has 1 aromatic heterocycles. The first-order valence-electron chi connectivity index (χ1n) is 7.61. The van der Waals surface area contributed by atoms with Gasteiger partial charge in [-0.1, -0.05) is 12.1 Å². The van der Waals surface area contributed by atoms with Crippen molar-refractivity contribution < 1.29 is 27.8 Å². The number of nitrogens with one attached hydrogen (secondary N) is 1. The minimum Gasteiger partial charge on any atom is -0.449 e. The van der Waals surface area contributed by atoms with Gasteiger partial charge >= 0.3 is 12.6 Å². The van der Waals surface area contributed by atoms with Crippen LogP contribution in [0.1, 0.15) is 18.1 Å². The topological polar surface area (TPSA) is 88.4 Å². The van der Waals surface area contributed by atoms with Crippen molar-refractivity contribution in [3.63, 3.8) is 0 Å². The van der Waals surface area contributed by atoms with Crippen LogP contribution in [-0.4, -0.2) is 24.6 Å². The van der Waals surface area contributed by atoms with Crippen molar-refractivity contribution in [1.82, 2.24) is 0 Å². The number of hydrogen-bond donors (Lipinski definition) is 1. The van der Waals surface area contributed by atoms with Gasteiger partial charge in [-0.05, 0) is 42.1 Å². The average Bonchev–Trinajstić information content (AvgIpc) is 3.07. The first-order valence-corrected chi connectivity index (χ1v) is 8.49. The van der Waals surface area contributed by atoms with Crippen LogP contribution in [0, 0.1) is 11.3 Å². The van der Waals surface area contributed by atoms with Gasteiger partial charge in [0.05, 0.1) is 5.56 Å². The molecule has 1 amide bonds. The van der Waals surface area contributed by atoms with Crippen LogP contribution in [-0.2, 0) is 14.3 Å². The fraction of sp³-hybridized carbons (Fsp3) is 0.167. The molecular formula is C18H14F2N2O4S. The van der Waals surface area contributed by atoms with Gasteiger partial charge in [-0.3, -0.25) is 4.79 Å². The van der Waals surface area contributed by atoms with Crippen molar-refractivity contribution in [1.29, 1.82) is 5.26 Å². The van der Waals surface area contributed by atoms with E-state index in [1.807, 2.05) is 6.07 Å². The third-order valence-electron chi connectivity index (χ3n) is 3.20. The van der Waals surface area contributed by atoms with Crippen molar-refractivity contribution in [3.8, 4) is 11.8 Å². The molecule has 1 aromatic carbocycles. The van der Waals surface area contributed by atoms with Gasteiger partial charge in [-0.2, -0.15) is 14.0 Å². The number of hydrogen-bond acceptors (Lipinski definition) is 6. The monoisotopic (exact) mass is 392 g/mol. The zero-order valence-electron chi connectivity index (χ0n) is 14.0. The van der Waals surface area contributed by atoms with E-state index in [0.29, 0.717) is 16.1 Å². The number of ether oxygens (including phenoxy) is 2. The average molecular weight is 392 g/mol. The summed E-state index contributed by atoms with van der Waals surface area (Å²) in [5.74, 6) is -1.32. The molecule has 0 aliphatic heterocycles. The summed E-state index contributed by atoms with van der Waals surface area (Å²) in [5, 5.41) is 13.5. The highest BCUT2D eigenvalue weighted by Crippen LogP contribution is 2.22. The molecule has 9 heteroatoms. The number of thiophene rings is 1. The van der Waals surface area contributed by atoms with Crippen LogP contribution in [0.25, 0.3) is 6.08 Å². The lowest BCUT2D eigenvalue weighted by Crippen LogP contribution is -2.29. The molecule has 0 aliphatic rings. The molecule has 0 aliphatic carbocycles. The summed E-state index contributed by atoms with van der Waals surface area (Å²) in [6.07, 6.45) is 1.45. The second-order valence-electron chi connectivity index (χ2n) is 5.12. The number of alkyl halides is 2. The van der Waals surface area contributed by atoms with Gasteiger partial charge in [0.1, 0.15) is 16.8 Å². The SMILES string of the molecule is C[C@H](OC(=O)/C=C/c1ccc(OC(F)F)cc1)C(=O)Nc1sccc1C#N.